The summed E-state index contributed by atoms with van der Waals surface area (Å²) in [6.07, 6.45) is -7.42. The van der Waals surface area contributed by atoms with Gasteiger partial charge >= 0.3 is 12.4 Å². The number of nitrogens with zero attached hydrogens (tertiary/aromatic N) is 2. The molecule has 0 atom stereocenters. The van der Waals surface area contributed by atoms with Gasteiger partial charge in [0, 0.05) is 34.1 Å². The van der Waals surface area contributed by atoms with Gasteiger partial charge in [0.25, 0.3) is 0 Å². The number of alkyl halides is 6. The zero-order valence-corrected chi connectivity index (χ0v) is 17.9. The Bertz CT molecular complexity index is 873. The maximum absolute atomic E-state index is 13.3. The van der Waals surface area contributed by atoms with E-state index in [0.29, 0.717) is 12.1 Å². The number of hydrogen-bond acceptors (Lipinski definition) is 2. The standard InChI is InChI=1S/C22H26F6N2/c1-13-16(22(26,27)28)8-10-29-18(13)20(5,6)9-7-15-11-14(21(23,24)25)12-17(30-15)19(2,3)4/h8,10-12H,7,9H2,1-6H3. The fraction of sp³-hybridized carbons (Fsp3) is 0.545. The van der Waals surface area contributed by atoms with E-state index < -0.39 is 34.3 Å². The van der Waals surface area contributed by atoms with Crippen molar-refractivity contribution in [2.75, 3.05) is 0 Å². The molecule has 0 aliphatic carbocycles. The molecule has 8 heteroatoms. The van der Waals surface area contributed by atoms with Crippen molar-refractivity contribution < 1.29 is 26.3 Å². The third-order valence-corrected chi connectivity index (χ3v) is 5.13. The van der Waals surface area contributed by atoms with Crippen LogP contribution in [0.25, 0.3) is 0 Å². The minimum Gasteiger partial charge on any atom is -0.260 e. The molecule has 0 N–H and O–H groups in total. The van der Waals surface area contributed by atoms with E-state index in [1.54, 1.807) is 34.6 Å². The van der Waals surface area contributed by atoms with E-state index >= 15 is 0 Å². The normalized spacial score (nSPS) is 13.6. The average molecular weight is 432 g/mol. The van der Waals surface area contributed by atoms with Gasteiger partial charge in [0.1, 0.15) is 0 Å². The molecule has 0 radical (unpaired) electrons. The van der Waals surface area contributed by atoms with Crippen molar-refractivity contribution in [1.29, 1.82) is 0 Å². The van der Waals surface area contributed by atoms with Crippen LogP contribution in [0.5, 0.6) is 0 Å². The Morgan fingerprint density at radius 1 is 0.867 bits per heavy atom. The van der Waals surface area contributed by atoms with E-state index in [2.05, 4.69) is 9.97 Å². The molecule has 0 fully saturated rings. The van der Waals surface area contributed by atoms with Crippen LogP contribution in [0.1, 0.15) is 74.8 Å². The molecule has 2 heterocycles. The highest BCUT2D eigenvalue weighted by Gasteiger charge is 2.36. The van der Waals surface area contributed by atoms with E-state index in [1.807, 2.05) is 0 Å². The first-order chi connectivity index (χ1) is 13.4. The summed E-state index contributed by atoms with van der Waals surface area (Å²) < 4.78 is 79.7. The zero-order chi connectivity index (χ0) is 23.1. The first-order valence-corrected chi connectivity index (χ1v) is 9.55. The topological polar surface area (TPSA) is 25.8 Å². The molecule has 0 saturated heterocycles. The highest BCUT2D eigenvalue weighted by Crippen LogP contribution is 2.38. The quantitative estimate of drug-likeness (QED) is 0.485. The van der Waals surface area contributed by atoms with Crippen LogP contribution in [0, 0.1) is 6.92 Å². The lowest BCUT2D eigenvalue weighted by Crippen LogP contribution is -2.24. The van der Waals surface area contributed by atoms with Gasteiger partial charge in [-0.1, -0.05) is 34.6 Å². The molecule has 2 aromatic rings. The lowest BCUT2D eigenvalue weighted by atomic mass is 9.80. The Morgan fingerprint density at radius 3 is 1.97 bits per heavy atom. The molecule has 0 aliphatic heterocycles. The Kier molecular flexibility index (Phi) is 6.32. The highest BCUT2D eigenvalue weighted by molar-refractivity contribution is 5.35. The molecule has 0 unspecified atom stereocenters. The van der Waals surface area contributed by atoms with Gasteiger partial charge in [-0.25, -0.2) is 0 Å². The van der Waals surface area contributed by atoms with Crippen molar-refractivity contribution >= 4 is 0 Å². The Balaban J connectivity index is 2.39. The van der Waals surface area contributed by atoms with Crippen molar-refractivity contribution in [3.63, 3.8) is 0 Å². The largest absolute Gasteiger partial charge is 0.416 e. The molecular weight excluding hydrogens is 406 g/mol. The van der Waals surface area contributed by atoms with Gasteiger partial charge in [0.05, 0.1) is 11.1 Å². The van der Waals surface area contributed by atoms with Crippen LogP contribution < -0.4 is 0 Å². The van der Waals surface area contributed by atoms with Crippen LogP contribution in [-0.2, 0) is 29.6 Å². The minimum atomic E-state index is -4.51. The molecule has 2 rings (SSSR count). The van der Waals surface area contributed by atoms with Crippen molar-refractivity contribution in [1.82, 2.24) is 9.97 Å². The third kappa shape index (κ3) is 5.52. The molecule has 0 amide bonds. The SMILES string of the molecule is Cc1c(C(F)(F)F)ccnc1C(C)(C)CCc1cc(C(F)(F)F)cc(C(C)(C)C)n1. The number of pyridine rings is 2. The summed E-state index contributed by atoms with van der Waals surface area (Å²) in [6.45, 7) is 10.2. The van der Waals surface area contributed by atoms with Gasteiger partial charge < -0.3 is 0 Å². The smallest absolute Gasteiger partial charge is 0.260 e. The second-order valence-electron chi connectivity index (χ2n) is 9.19. The van der Waals surface area contributed by atoms with Crippen LogP contribution in [0.15, 0.2) is 24.4 Å². The first kappa shape index (κ1) is 24.2. The predicted octanol–water partition coefficient (Wildman–Crippen LogP) is 7.03. The van der Waals surface area contributed by atoms with E-state index in [1.165, 1.54) is 6.92 Å². The summed E-state index contributed by atoms with van der Waals surface area (Å²) in [7, 11) is 0. The summed E-state index contributed by atoms with van der Waals surface area (Å²) in [5.41, 5.74) is -2.02. The number of aromatic nitrogens is 2. The lowest BCUT2D eigenvalue weighted by Gasteiger charge is -2.27. The zero-order valence-electron chi connectivity index (χ0n) is 17.9. The maximum atomic E-state index is 13.3. The van der Waals surface area contributed by atoms with Crippen LogP contribution in [0.2, 0.25) is 0 Å². The molecule has 2 aromatic heterocycles. The molecule has 30 heavy (non-hydrogen) atoms. The monoisotopic (exact) mass is 432 g/mol. The fourth-order valence-corrected chi connectivity index (χ4v) is 3.35. The number of hydrogen-bond donors (Lipinski definition) is 0. The molecule has 0 spiro atoms. The molecule has 166 valence electrons. The lowest BCUT2D eigenvalue weighted by molar-refractivity contribution is -0.138. The second-order valence-corrected chi connectivity index (χ2v) is 9.19. The van der Waals surface area contributed by atoms with Crippen molar-refractivity contribution in [2.24, 2.45) is 0 Å². The van der Waals surface area contributed by atoms with E-state index in [4.69, 9.17) is 0 Å². The maximum Gasteiger partial charge on any atom is 0.416 e. The molecular formula is C22H26F6N2. The number of aryl methyl sites for hydroxylation is 1. The van der Waals surface area contributed by atoms with Gasteiger partial charge in [-0.05, 0) is 43.5 Å². The van der Waals surface area contributed by atoms with Gasteiger partial charge in [0.15, 0.2) is 0 Å². The van der Waals surface area contributed by atoms with Gasteiger partial charge in [-0.3, -0.25) is 9.97 Å². The summed E-state index contributed by atoms with van der Waals surface area (Å²) in [4.78, 5) is 8.54. The Labute approximate surface area is 172 Å². The minimum absolute atomic E-state index is 0.0300. The summed E-state index contributed by atoms with van der Waals surface area (Å²) in [5.74, 6) is 0. The average Bonchev–Trinajstić information content (AvgIpc) is 2.57. The number of halogens is 6. The van der Waals surface area contributed by atoms with E-state index in [-0.39, 0.29) is 23.4 Å². The first-order valence-electron chi connectivity index (χ1n) is 9.55. The number of rotatable bonds is 4. The summed E-state index contributed by atoms with van der Waals surface area (Å²) in [5, 5.41) is 0. The molecule has 0 aliphatic rings. The molecule has 0 aromatic carbocycles. The molecule has 2 nitrogen and oxygen atoms in total. The molecule has 0 saturated carbocycles. The van der Waals surface area contributed by atoms with Gasteiger partial charge in [0.2, 0.25) is 0 Å². The van der Waals surface area contributed by atoms with Crippen molar-refractivity contribution in [3.8, 4) is 0 Å². The Hall–Kier alpha value is -2.12. The second kappa shape index (κ2) is 7.85. The predicted molar refractivity (Wildman–Crippen MR) is 103 cm³/mol. The van der Waals surface area contributed by atoms with Crippen molar-refractivity contribution in [3.05, 3.63) is 58.2 Å². The third-order valence-electron chi connectivity index (χ3n) is 5.13. The van der Waals surface area contributed by atoms with Crippen LogP contribution in [0.3, 0.4) is 0 Å². The summed E-state index contributed by atoms with van der Waals surface area (Å²) >= 11 is 0. The van der Waals surface area contributed by atoms with Crippen LogP contribution in [0.4, 0.5) is 26.3 Å². The van der Waals surface area contributed by atoms with Gasteiger partial charge in [-0.2, -0.15) is 26.3 Å². The van der Waals surface area contributed by atoms with E-state index in [9.17, 15) is 26.3 Å². The molecule has 0 bridgehead atoms. The van der Waals surface area contributed by atoms with Crippen LogP contribution in [-0.4, -0.2) is 9.97 Å². The van der Waals surface area contributed by atoms with E-state index in [0.717, 1.165) is 24.4 Å². The Morgan fingerprint density at radius 2 is 1.47 bits per heavy atom. The summed E-state index contributed by atoms with van der Waals surface area (Å²) in [6, 6.07) is 2.99. The van der Waals surface area contributed by atoms with Crippen molar-refractivity contribution in [2.45, 2.75) is 77.6 Å². The van der Waals surface area contributed by atoms with Crippen LogP contribution >= 0.6 is 0 Å². The fourth-order valence-electron chi connectivity index (χ4n) is 3.35. The highest BCUT2D eigenvalue weighted by atomic mass is 19.4. The van der Waals surface area contributed by atoms with Gasteiger partial charge in [-0.15, -0.1) is 0 Å².